The molecule has 0 radical (unpaired) electrons. The Balaban J connectivity index is 2.36. The van der Waals surface area contributed by atoms with Gasteiger partial charge >= 0.3 is 13.1 Å². The van der Waals surface area contributed by atoms with Crippen molar-refractivity contribution in [2.45, 2.75) is 32.1 Å². The number of hydrogen-bond acceptors (Lipinski definition) is 4. The quantitative estimate of drug-likeness (QED) is 0.718. The van der Waals surface area contributed by atoms with Gasteiger partial charge in [0.2, 0.25) is 5.91 Å². The molecule has 0 aromatic heterocycles. The summed E-state index contributed by atoms with van der Waals surface area (Å²) in [5, 5.41) is 21.3. The van der Waals surface area contributed by atoms with Gasteiger partial charge in [0.05, 0.1) is 5.94 Å². The molecule has 0 saturated heterocycles. The molecule has 1 amide bonds. The molecule has 0 aliphatic carbocycles. The lowest BCUT2D eigenvalue weighted by Gasteiger charge is -2.29. The molecule has 1 aliphatic rings. The van der Waals surface area contributed by atoms with Crippen molar-refractivity contribution in [3.8, 4) is 5.75 Å². The average Bonchev–Trinajstić information content (AvgIpc) is 2.44. The molecule has 1 aromatic rings. The van der Waals surface area contributed by atoms with E-state index in [-0.39, 0.29) is 24.3 Å². The molecule has 1 atom stereocenters. The van der Waals surface area contributed by atoms with E-state index >= 15 is 0 Å². The van der Waals surface area contributed by atoms with Crippen LogP contribution in [0.3, 0.4) is 0 Å². The van der Waals surface area contributed by atoms with Crippen LogP contribution in [-0.4, -0.2) is 35.1 Å². The summed E-state index contributed by atoms with van der Waals surface area (Å²) in [6.07, 6.45) is 0.524. The van der Waals surface area contributed by atoms with Crippen molar-refractivity contribution in [3.63, 3.8) is 0 Å². The molecule has 0 unspecified atom stereocenters. The van der Waals surface area contributed by atoms with Crippen molar-refractivity contribution in [1.29, 1.82) is 0 Å². The summed E-state index contributed by atoms with van der Waals surface area (Å²) in [6, 6.07) is 0.499. The normalized spacial score (nSPS) is 16.7. The Kier molecular flexibility index (Phi) is 4.65. The highest BCUT2D eigenvalue weighted by atomic mass is 19.2. The fourth-order valence-corrected chi connectivity index (χ4v) is 2.29. The van der Waals surface area contributed by atoms with E-state index in [1.54, 1.807) is 6.92 Å². The molecule has 1 heterocycles. The summed E-state index contributed by atoms with van der Waals surface area (Å²) < 4.78 is 32.4. The van der Waals surface area contributed by atoms with E-state index in [9.17, 15) is 23.4 Å². The Morgan fingerprint density at radius 2 is 2.18 bits per heavy atom. The maximum Gasteiger partial charge on any atom is 0.547 e. The van der Waals surface area contributed by atoms with Crippen molar-refractivity contribution < 1.29 is 33.2 Å². The van der Waals surface area contributed by atoms with Crippen LogP contribution in [-0.2, 0) is 11.2 Å². The standard InChI is InChI=1S/C13H14BF2NO5/c1-2-3-10(18)17-9-5-6-11(16)8(15)4-7(13(19)20)12(6)22-14(9)21/h4,9,21H,2-3,5H2,1H3,(H,17,18)(H,19,20)/t9-/m0/s1. The second-order valence-corrected chi connectivity index (χ2v) is 4.97. The van der Waals surface area contributed by atoms with Crippen LogP contribution in [0.15, 0.2) is 6.07 Å². The number of carboxylic acid groups (broad SMARTS) is 1. The first-order chi connectivity index (χ1) is 10.3. The molecule has 3 N–H and O–H groups in total. The molecule has 0 fully saturated rings. The van der Waals surface area contributed by atoms with Crippen LogP contribution >= 0.6 is 0 Å². The summed E-state index contributed by atoms with van der Waals surface area (Å²) in [6.45, 7) is 1.79. The summed E-state index contributed by atoms with van der Waals surface area (Å²) in [5.74, 6) is -5.84. The minimum Gasteiger partial charge on any atom is -0.534 e. The number of carbonyl (C=O) groups excluding carboxylic acids is 1. The highest BCUT2D eigenvalue weighted by molar-refractivity contribution is 6.47. The number of halogens is 2. The van der Waals surface area contributed by atoms with E-state index in [2.05, 4.69) is 5.32 Å². The Hall–Kier alpha value is -2.16. The van der Waals surface area contributed by atoms with Crippen LogP contribution in [0.1, 0.15) is 35.7 Å². The van der Waals surface area contributed by atoms with E-state index in [4.69, 9.17) is 9.76 Å². The lowest BCUT2D eigenvalue weighted by molar-refractivity contribution is -0.121. The fraction of sp³-hybridized carbons (Fsp3) is 0.385. The van der Waals surface area contributed by atoms with Crippen LogP contribution in [0, 0.1) is 11.6 Å². The number of carbonyl (C=O) groups is 2. The van der Waals surface area contributed by atoms with E-state index in [1.165, 1.54) is 0 Å². The van der Waals surface area contributed by atoms with Crippen molar-refractivity contribution in [2.24, 2.45) is 0 Å². The van der Waals surface area contributed by atoms with Gasteiger partial charge in [-0.3, -0.25) is 4.79 Å². The molecule has 9 heteroatoms. The van der Waals surface area contributed by atoms with Crippen LogP contribution in [0.25, 0.3) is 0 Å². The van der Waals surface area contributed by atoms with Gasteiger partial charge < -0.3 is 20.1 Å². The monoisotopic (exact) mass is 313 g/mol. The molecule has 2 rings (SSSR count). The minimum atomic E-state index is -1.55. The van der Waals surface area contributed by atoms with Gasteiger partial charge in [-0.05, 0) is 18.9 Å². The number of aromatic carboxylic acids is 1. The Labute approximate surface area is 125 Å². The number of carboxylic acids is 1. The largest absolute Gasteiger partial charge is 0.547 e. The lowest BCUT2D eigenvalue weighted by atomic mass is 9.72. The van der Waals surface area contributed by atoms with Crippen LogP contribution in [0.5, 0.6) is 5.75 Å². The van der Waals surface area contributed by atoms with Crippen molar-refractivity contribution in [1.82, 2.24) is 5.32 Å². The molecular formula is C13H14BF2NO5. The first kappa shape index (κ1) is 16.2. The summed E-state index contributed by atoms with van der Waals surface area (Å²) in [5.41, 5.74) is -0.893. The third kappa shape index (κ3) is 3.04. The topological polar surface area (TPSA) is 95.9 Å². The van der Waals surface area contributed by atoms with Gasteiger partial charge in [-0.2, -0.15) is 0 Å². The number of rotatable bonds is 4. The molecule has 6 nitrogen and oxygen atoms in total. The molecule has 0 spiro atoms. The molecule has 0 bridgehead atoms. The molecule has 1 aromatic carbocycles. The molecule has 1 aliphatic heterocycles. The first-order valence-electron chi connectivity index (χ1n) is 6.73. The lowest BCUT2D eigenvalue weighted by Crippen LogP contribution is -2.53. The zero-order chi connectivity index (χ0) is 16.4. The average molecular weight is 313 g/mol. The SMILES string of the molecule is CCCC(=O)N[C@H]1Cc2c(F)c(F)cc(C(=O)O)c2OB1O. The van der Waals surface area contributed by atoms with E-state index < -0.39 is 42.0 Å². The fourth-order valence-electron chi connectivity index (χ4n) is 2.29. The predicted octanol–water partition coefficient (Wildman–Crippen LogP) is 0.903. The van der Waals surface area contributed by atoms with Gasteiger partial charge in [-0.15, -0.1) is 0 Å². The van der Waals surface area contributed by atoms with Crippen molar-refractivity contribution >= 4 is 19.0 Å². The minimum absolute atomic E-state index is 0.210. The van der Waals surface area contributed by atoms with Gasteiger partial charge in [-0.1, -0.05) is 6.92 Å². The van der Waals surface area contributed by atoms with Gasteiger partial charge in [0.25, 0.3) is 0 Å². The second-order valence-electron chi connectivity index (χ2n) is 4.97. The van der Waals surface area contributed by atoms with Crippen LogP contribution in [0.4, 0.5) is 8.78 Å². The van der Waals surface area contributed by atoms with Crippen molar-refractivity contribution in [2.75, 3.05) is 0 Å². The highest BCUT2D eigenvalue weighted by Gasteiger charge is 2.40. The third-order valence-corrected chi connectivity index (χ3v) is 3.33. The zero-order valence-corrected chi connectivity index (χ0v) is 11.7. The maximum atomic E-state index is 13.9. The molecule has 118 valence electrons. The summed E-state index contributed by atoms with van der Waals surface area (Å²) in [7, 11) is -1.55. The van der Waals surface area contributed by atoms with Gasteiger partial charge in [0.15, 0.2) is 11.6 Å². The van der Waals surface area contributed by atoms with Crippen LogP contribution in [0.2, 0.25) is 0 Å². The summed E-state index contributed by atoms with van der Waals surface area (Å²) in [4.78, 5) is 22.6. The molecular weight excluding hydrogens is 299 g/mol. The molecule has 0 saturated carbocycles. The van der Waals surface area contributed by atoms with Gasteiger partial charge in [0.1, 0.15) is 11.3 Å². The Bertz CT molecular complexity index is 625. The van der Waals surface area contributed by atoms with E-state index in [1.807, 2.05) is 0 Å². The highest BCUT2D eigenvalue weighted by Crippen LogP contribution is 2.33. The zero-order valence-electron chi connectivity index (χ0n) is 11.7. The van der Waals surface area contributed by atoms with Gasteiger partial charge in [-0.25, -0.2) is 13.6 Å². The number of fused-ring (bicyclic) bond motifs is 1. The first-order valence-corrected chi connectivity index (χ1v) is 6.73. The van der Waals surface area contributed by atoms with Crippen molar-refractivity contribution in [3.05, 3.63) is 28.8 Å². The number of nitrogens with one attached hydrogen (secondary N) is 1. The van der Waals surface area contributed by atoms with E-state index in [0.29, 0.717) is 12.5 Å². The van der Waals surface area contributed by atoms with Crippen LogP contribution < -0.4 is 9.97 Å². The predicted molar refractivity (Wildman–Crippen MR) is 72.5 cm³/mol. The Morgan fingerprint density at radius 3 is 2.77 bits per heavy atom. The molecule has 22 heavy (non-hydrogen) atoms. The second kappa shape index (κ2) is 6.31. The van der Waals surface area contributed by atoms with Gasteiger partial charge in [0, 0.05) is 12.0 Å². The Morgan fingerprint density at radius 1 is 1.50 bits per heavy atom. The van der Waals surface area contributed by atoms with E-state index in [0.717, 1.165) is 0 Å². The number of amides is 1. The smallest absolute Gasteiger partial charge is 0.534 e. The third-order valence-electron chi connectivity index (χ3n) is 3.33. The number of hydrogen-bond donors (Lipinski definition) is 3. The summed E-state index contributed by atoms with van der Waals surface area (Å²) >= 11 is 0. The number of benzene rings is 1. The maximum absolute atomic E-state index is 13.9.